The average Bonchev–Trinajstić information content (AvgIpc) is 3.05. The number of amides is 1. The normalized spacial score (nSPS) is 21.8. The van der Waals surface area contributed by atoms with Crippen molar-refractivity contribution in [3.63, 3.8) is 0 Å². The highest BCUT2D eigenvalue weighted by Crippen LogP contribution is 2.42. The van der Waals surface area contributed by atoms with Gasteiger partial charge in [-0.3, -0.25) is 4.79 Å². The quantitative estimate of drug-likeness (QED) is 0.838. The first-order valence-electron chi connectivity index (χ1n) is 8.79. The van der Waals surface area contributed by atoms with Gasteiger partial charge in [0.2, 0.25) is 5.91 Å². The lowest BCUT2D eigenvalue weighted by Crippen LogP contribution is -2.48. The number of rotatable bonds is 4. The lowest BCUT2D eigenvalue weighted by molar-refractivity contribution is -0.127. The molecule has 3 nitrogen and oxygen atoms in total. The van der Waals surface area contributed by atoms with Gasteiger partial charge in [0.15, 0.2) is 0 Å². The summed E-state index contributed by atoms with van der Waals surface area (Å²) >= 11 is 6.02. The SMILES string of the molecule is CC1(CNC(=O)C2(c3ccc(Cl)cc3)CCCC2)CCNCC1.Cl. The topological polar surface area (TPSA) is 41.1 Å². The molecule has 134 valence electrons. The van der Waals surface area contributed by atoms with Gasteiger partial charge in [-0.2, -0.15) is 0 Å². The minimum absolute atomic E-state index is 0. The van der Waals surface area contributed by atoms with Gasteiger partial charge < -0.3 is 10.6 Å². The minimum Gasteiger partial charge on any atom is -0.355 e. The molecule has 1 aromatic carbocycles. The van der Waals surface area contributed by atoms with Crippen molar-refractivity contribution in [1.82, 2.24) is 10.6 Å². The van der Waals surface area contributed by atoms with Gasteiger partial charge in [-0.25, -0.2) is 0 Å². The van der Waals surface area contributed by atoms with Crippen LogP contribution in [0, 0.1) is 5.41 Å². The number of nitrogens with one attached hydrogen (secondary N) is 2. The fraction of sp³-hybridized carbons (Fsp3) is 0.632. The van der Waals surface area contributed by atoms with Crippen LogP contribution in [0.1, 0.15) is 51.0 Å². The maximum absolute atomic E-state index is 13.1. The Morgan fingerprint density at radius 3 is 2.29 bits per heavy atom. The van der Waals surface area contributed by atoms with Crippen molar-refractivity contribution in [3.05, 3.63) is 34.9 Å². The molecule has 1 heterocycles. The number of hydrogen-bond donors (Lipinski definition) is 2. The third-order valence-electron chi connectivity index (χ3n) is 5.77. The second-order valence-electron chi connectivity index (χ2n) is 7.54. The van der Waals surface area contributed by atoms with Crippen LogP contribution in [0.2, 0.25) is 5.02 Å². The Kier molecular flexibility index (Phi) is 6.58. The second-order valence-corrected chi connectivity index (χ2v) is 7.98. The summed E-state index contributed by atoms with van der Waals surface area (Å²) in [7, 11) is 0. The summed E-state index contributed by atoms with van der Waals surface area (Å²) in [4.78, 5) is 13.1. The van der Waals surface area contributed by atoms with Crippen LogP contribution >= 0.6 is 24.0 Å². The van der Waals surface area contributed by atoms with Crippen LogP contribution in [-0.2, 0) is 10.2 Å². The van der Waals surface area contributed by atoms with E-state index in [0.29, 0.717) is 0 Å². The molecule has 0 spiro atoms. The van der Waals surface area contributed by atoms with Crippen molar-refractivity contribution in [3.8, 4) is 0 Å². The van der Waals surface area contributed by atoms with Crippen molar-refractivity contribution >= 4 is 29.9 Å². The summed E-state index contributed by atoms with van der Waals surface area (Å²) < 4.78 is 0. The Bertz CT molecular complexity index is 547. The summed E-state index contributed by atoms with van der Waals surface area (Å²) in [6.45, 7) is 5.17. The Balaban J connectivity index is 0.00000208. The molecule has 0 unspecified atom stereocenters. The van der Waals surface area contributed by atoms with Gasteiger partial charge >= 0.3 is 0 Å². The molecule has 24 heavy (non-hydrogen) atoms. The molecule has 2 fully saturated rings. The second kappa shape index (κ2) is 8.07. The zero-order chi connectivity index (χ0) is 16.3. The molecule has 5 heteroatoms. The van der Waals surface area contributed by atoms with Gasteiger partial charge in [0.1, 0.15) is 0 Å². The van der Waals surface area contributed by atoms with Crippen LogP contribution in [0.5, 0.6) is 0 Å². The van der Waals surface area contributed by atoms with E-state index >= 15 is 0 Å². The maximum atomic E-state index is 13.1. The number of hydrogen-bond acceptors (Lipinski definition) is 2. The lowest BCUT2D eigenvalue weighted by Gasteiger charge is -2.36. The first kappa shape index (κ1) is 19.6. The van der Waals surface area contributed by atoms with Crippen molar-refractivity contribution < 1.29 is 4.79 Å². The number of benzene rings is 1. The largest absolute Gasteiger partial charge is 0.355 e. The molecule has 3 rings (SSSR count). The number of halogens is 2. The van der Waals surface area contributed by atoms with Crippen LogP contribution in [0.15, 0.2) is 24.3 Å². The van der Waals surface area contributed by atoms with E-state index in [4.69, 9.17) is 11.6 Å². The first-order chi connectivity index (χ1) is 11.0. The molecule has 1 aromatic rings. The van der Waals surface area contributed by atoms with Crippen LogP contribution < -0.4 is 10.6 Å². The lowest BCUT2D eigenvalue weighted by atomic mass is 9.77. The summed E-state index contributed by atoms with van der Waals surface area (Å²) in [5.41, 5.74) is 0.988. The maximum Gasteiger partial charge on any atom is 0.230 e. The van der Waals surface area contributed by atoms with Gasteiger partial charge in [0, 0.05) is 11.6 Å². The molecule has 1 amide bonds. The van der Waals surface area contributed by atoms with Gasteiger partial charge in [-0.1, -0.05) is 43.5 Å². The molecule has 2 aliphatic rings. The Hall–Kier alpha value is -0.770. The summed E-state index contributed by atoms with van der Waals surface area (Å²) in [5, 5.41) is 7.41. The summed E-state index contributed by atoms with van der Waals surface area (Å²) in [5.74, 6) is 0.206. The predicted molar refractivity (Wildman–Crippen MR) is 102 cm³/mol. The smallest absolute Gasteiger partial charge is 0.230 e. The van der Waals surface area contributed by atoms with Gasteiger partial charge in [0.05, 0.1) is 5.41 Å². The van der Waals surface area contributed by atoms with E-state index in [-0.39, 0.29) is 29.1 Å². The van der Waals surface area contributed by atoms with E-state index in [9.17, 15) is 4.79 Å². The summed E-state index contributed by atoms with van der Waals surface area (Å²) in [6.07, 6.45) is 6.38. The molecular formula is C19H28Cl2N2O. The zero-order valence-corrected chi connectivity index (χ0v) is 15.9. The van der Waals surface area contributed by atoms with Crippen LogP contribution in [0.3, 0.4) is 0 Å². The third-order valence-corrected chi connectivity index (χ3v) is 6.03. The third kappa shape index (κ3) is 4.07. The highest BCUT2D eigenvalue weighted by molar-refractivity contribution is 6.30. The molecule has 1 aliphatic heterocycles. The number of carbonyl (C=O) groups is 1. The Labute approximate surface area is 156 Å². The van der Waals surface area contributed by atoms with E-state index < -0.39 is 0 Å². The zero-order valence-electron chi connectivity index (χ0n) is 14.4. The van der Waals surface area contributed by atoms with Crippen LogP contribution in [0.25, 0.3) is 0 Å². The standard InChI is InChI=1S/C19H27ClN2O.ClH/c1-18(10-12-21-13-11-18)14-22-17(23)19(8-2-3-9-19)15-4-6-16(20)7-5-15;/h4-7,21H,2-3,8-14H2,1H3,(H,22,23);1H. The van der Waals surface area contributed by atoms with E-state index in [1.54, 1.807) is 0 Å². The van der Waals surface area contributed by atoms with Crippen molar-refractivity contribution in [2.45, 2.75) is 50.9 Å². The van der Waals surface area contributed by atoms with Gasteiger partial charge in [0.25, 0.3) is 0 Å². The fourth-order valence-electron chi connectivity index (χ4n) is 4.06. The molecular weight excluding hydrogens is 343 g/mol. The van der Waals surface area contributed by atoms with Crippen molar-refractivity contribution in [2.75, 3.05) is 19.6 Å². The summed E-state index contributed by atoms with van der Waals surface area (Å²) in [6, 6.07) is 7.86. The molecule has 1 saturated carbocycles. The highest BCUT2D eigenvalue weighted by Gasteiger charge is 2.43. The van der Waals surface area contributed by atoms with Gasteiger partial charge in [-0.15, -0.1) is 12.4 Å². The molecule has 0 atom stereocenters. The predicted octanol–water partition coefficient (Wildman–Crippen LogP) is 4.08. The van der Waals surface area contributed by atoms with E-state index in [1.807, 2.05) is 24.3 Å². The fourth-order valence-corrected chi connectivity index (χ4v) is 4.19. The molecule has 0 bridgehead atoms. The van der Waals surface area contributed by atoms with Gasteiger partial charge in [-0.05, 0) is 61.9 Å². The van der Waals surface area contributed by atoms with E-state index in [1.165, 1.54) is 0 Å². The minimum atomic E-state index is -0.353. The molecule has 1 aliphatic carbocycles. The van der Waals surface area contributed by atoms with Crippen molar-refractivity contribution in [1.29, 1.82) is 0 Å². The van der Waals surface area contributed by atoms with Crippen molar-refractivity contribution in [2.24, 2.45) is 5.41 Å². The van der Waals surface area contributed by atoms with Crippen LogP contribution in [0.4, 0.5) is 0 Å². The molecule has 0 radical (unpaired) electrons. The first-order valence-corrected chi connectivity index (χ1v) is 9.17. The number of carbonyl (C=O) groups excluding carboxylic acids is 1. The van der Waals surface area contributed by atoms with Crippen LogP contribution in [-0.4, -0.2) is 25.5 Å². The Morgan fingerprint density at radius 2 is 1.71 bits per heavy atom. The molecule has 0 aromatic heterocycles. The van der Waals surface area contributed by atoms with E-state index in [2.05, 4.69) is 17.6 Å². The molecule has 2 N–H and O–H groups in total. The van der Waals surface area contributed by atoms with E-state index in [0.717, 1.165) is 68.7 Å². The Morgan fingerprint density at radius 1 is 1.12 bits per heavy atom. The monoisotopic (exact) mass is 370 g/mol. The molecule has 1 saturated heterocycles. The highest BCUT2D eigenvalue weighted by atomic mass is 35.5. The number of piperidine rings is 1. The average molecular weight is 371 g/mol.